The van der Waals surface area contributed by atoms with Crippen LogP contribution >= 0.6 is 0 Å². The van der Waals surface area contributed by atoms with E-state index in [0.717, 1.165) is 22.8 Å². The Kier molecular flexibility index (Phi) is 2.86. The Hall–Kier alpha value is -2.00. The molecule has 23 heavy (non-hydrogen) atoms. The van der Waals surface area contributed by atoms with Gasteiger partial charge < -0.3 is 0 Å². The number of hydrogen-bond acceptors (Lipinski definition) is 2. The van der Waals surface area contributed by atoms with Crippen molar-refractivity contribution in [3.8, 4) is 0 Å². The number of allylic oxidation sites excluding steroid dienone is 8. The highest BCUT2D eigenvalue weighted by Gasteiger charge is 2.42. The average Bonchev–Trinajstić information content (AvgIpc) is 3.06. The molecule has 2 heterocycles. The smallest absolute Gasteiger partial charge is 0.114 e. The molecule has 0 saturated carbocycles. The van der Waals surface area contributed by atoms with E-state index in [-0.39, 0.29) is 0 Å². The van der Waals surface area contributed by atoms with Gasteiger partial charge in [0.05, 0.1) is 11.4 Å². The lowest BCUT2D eigenvalue weighted by Crippen LogP contribution is -2.34. The minimum atomic E-state index is -1.82. The van der Waals surface area contributed by atoms with Crippen molar-refractivity contribution in [2.24, 2.45) is 9.98 Å². The maximum Gasteiger partial charge on any atom is 0.114 e. The first-order valence-corrected chi connectivity index (χ1v) is 11.2. The van der Waals surface area contributed by atoms with Gasteiger partial charge in [0.1, 0.15) is 8.07 Å². The van der Waals surface area contributed by atoms with Gasteiger partial charge in [-0.1, -0.05) is 13.1 Å². The van der Waals surface area contributed by atoms with Crippen molar-refractivity contribution in [3.63, 3.8) is 0 Å². The molecule has 0 amide bonds. The van der Waals surface area contributed by atoms with E-state index < -0.39 is 8.07 Å². The standard InChI is InChI=1S/C20H22N2Si/c1-11-7-17-15(9-13(3)21-17)19(11)23(5,6)20-12(2)8-18-16(20)10-14(4)22-18/h7-10H,1-6H3. The number of aliphatic imine (C=N–C) groups is 2. The van der Waals surface area contributed by atoms with Gasteiger partial charge in [-0.25, -0.2) is 0 Å². The van der Waals surface area contributed by atoms with Crippen LogP contribution in [0.15, 0.2) is 78.4 Å². The Balaban J connectivity index is 1.82. The molecular formula is C20H22N2Si. The van der Waals surface area contributed by atoms with Crippen molar-refractivity contribution in [1.29, 1.82) is 0 Å². The highest BCUT2D eigenvalue weighted by molar-refractivity contribution is 6.93. The van der Waals surface area contributed by atoms with Gasteiger partial charge in [0.2, 0.25) is 0 Å². The maximum atomic E-state index is 4.69. The lowest BCUT2D eigenvalue weighted by molar-refractivity contribution is 1.38. The lowest BCUT2D eigenvalue weighted by Gasteiger charge is -2.30. The largest absolute Gasteiger partial charge is 0.253 e. The number of rotatable bonds is 2. The summed E-state index contributed by atoms with van der Waals surface area (Å²) in [7, 11) is -1.82. The van der Waals surface area contributed by atoms with Crippen molar-refractivity contribution >= 4 is 19.5 Å². The van der Waals surface area contributed by atoms with Crippen LogP contribution in [0.5, 0.6) is 0 Å². The molecule has 0 fully saturated rings. The molecule has 3 heteroatoms. The molecule has 2 aliphatic carbocycles. The van der Waals surface area contributed by atoms with Crippen LogP contribution in [-0.4, -0.2) is 19.5 Å². The summed E-state index contributed by atoms with van der Waals surface area (Å²) in [6.07, 6.45) is 9.04. The predicted octanol–water partition coefficient (Wildman–Crippen LogP) is 5.00. The van der Waals surface area contributed by atoms with Gasteiger partial charge in [-0.15, -0.1) is 0 Å². The van der Waals surface area contributed by atoms with Crippen LogP contribution in [0.25, 0.3) is 0 Å². The first-order chi connectivity index (χ1) is 10.8. The fourth-order valence-corrected chi connectivity index (χ4v) is 8.63. The van der Waals surface area contributed by atoms with Crippen LogP contribution in [0.2, 0.25) is 13.1 Å². The van der Waals surface area contributed by atoms with Gasteiger partial charge >= 0.3 is 0 Å². The number of fused-ring (bicyclic) bond motifs is 2. The highest BCUT2D eigenvalue weighted by Crippen LogP contribution is 2.48. The Bertz CT molecular complexity index is 835. The van der Waals surface area contributed by atoms with Gasteiger partial charge in [0, 0.05) is 22.6 Å². The van der Waals surface area contributed by atoms with Crippen LogP contribution in [0.3, 0.4) is 0 Å². The molecule has 0 atom stereocenters. The van der Waals surface area contributed by atoms with E-state index >= 15 is 0 Å². The third-order valence-corrected chi connectivity index (χ3v) is 8.96. The summed E-state index contributed by atoms with van der Waals surface area (Å²) in [4.78, 5) is 9.38. The molecule has 0 N–H and O–H groups in total. The number of hydrogen-bond donors (Lipinski definition) is 0. The molecule has 0 bridgehead atoms. The zero-order valence-electron chi connectivity index (χ0n) is 14.7. The van der Waals surface area contributed by atoms with E-state index in [1.807, 2.05) is 0 Å². The molecule has 0 aromatic carbocycles. The molecule has 116 valence electrons. The molecule has 0 saturated heterocycles. The summed E-state index contributed by atoms with van der Waals surface area (Å²) in [6.45, 7) is 13.6. The molecule has 0 spiro atoms. The summed E-state index contributed by atoms with van der Waals surface area (Å²) < 4.78 is 0. The van der Waals surface area contributed by atoms with Gasteiger partial charge in [0.15, 0.2) is 0 Å². The first-order valence-electron chi connectivity index (χ1n) is 8.20. The van der Waals surface area contributed by atoms with E-state index in [0.29, 0.717) is 0 Å². The molecule has 4 rings (SSSR count). The van der Waals surface area contributed by atoms with E-state index in [1.165, 1.54) is 22.3 Å². The van der Waals surface area contributed by atoms with Crippen LogP contribution in [0, 0.1) is 0 Å². The van der Waals surface area contributed by atoms with E-state index in [1.54, 1.807) is 10.4 Å². The second kappa shape index (κ2) is 4.51. The average molecular weight is 318 g/mol. The minimum Gasteiger partial charge on any atom is -0.253 e. The topological polar surface area (TPSA) is 24.7 Å². The zero-order valence-corrected chi connectivity index (χ0v) is 15.7. The molecule has 2 aliphatic heterocycles. The predicted molar refractivity (Wildman–Crippen MR) is 101 cm³/mol. The van der Waals surface area contributed by atoms with Crippen LogP contribution in [0.4, 0.5) is 0 Å². The minimum absolute atomic E-state index is 1.12. The lowest BCUT2D eigenvalue weighted by atomic mass is 10.2. The van der Waals surface area contributed by atoms with Crippen LogP contribution in [0.1, 0.15) is 27.7 Å². The Morgan fingerprint density at radius 1 is 0.652 bits per heavy atom. The van der Waals surface area contributed by atoms with Crippen molar-refractivity contribution in [2.75, 3.05) is 0 Å². The van der Waals surface area contributed by atoms with Crippen molar-refractivity contribution in [1.82, 2.24) is 0 Å². The second-order valence-corrected chi connectivity index (χ2v) is 11.7. The molecule has 0 aromatic rings. The third kappa shape index (κ3) is 1.93. The van der Waals surface area contributed by atoms with Gasteiger partial charge in [0.25, 0.3) is 0 Å². The normalized spacial score (nSPS) is 22.7. The van der Waals surface area contributed by atoms with Crippen LogP contribution < -0.4 is 0 Å². The van der Waals surface area contributed by atoms with Crippen molar-refractivity contribution in [2.45, 2.75) is 40.8 Å². The fraction of sp³-hybridized carbons (Fsp3) is 0.300. The van der Waals surface area contributed by atoms with Gasteiger partial charge in [-0.05, 0) is 73.5 Å². The first kappa shape index (κ1) is 14.6. The SMILES string of the molecule is CC1=NC2=CC(C)=C([Si](C)(C)C3=C(C)C=C4N=C(C)C=C43)C2=C1. The third-order valence-electron chi connectivity index (χ3n) is 5.14. The summed E-state index contributed by atoms with van der Waals surface area (Å²) in [6, 6.07) is 0. The Morgan fingerprint density at radius 3 is 1.43 bits per heavy atom. The van der Waals surface area contributed by atoms with Crippen molar-refractivity contribution < 1.29 is 0 Å². The zero-order chi connectivity index (χ0) is 16.5. The van der Waals surface area contributed by atoms with E-state index in [9.17, 15) is 0 Å². The molecule has 2 nitrogen and oxygen atoms in total. The quantitative estimate of drug-likeness (QED) is 0.640. The fourth-order valence-electron chi connectivity index (χ4n) is 4.51. The molecule has 4 aliphatic rings. The van der Waals surface area contributed by atoms with Gasteiger partial charge in [-0.2, -0.15) is 0 Å². The summed E-state index contributed by atoms with van der Waals surface area (Å²) in [5.74, 6) is 0. The van der Waals surface area contributed by atoms with Crippen molar-refractivity contribution in [3.05, 3.63) is 68.4 Å². The summed E-state index contributed by atoms with van der Waals surface area (Å²) in [5, 5.41) is 3.09. The van der Waals surface area contributed by atoms with Crippen LogP contribution in [-0.2, 0) is 0 Å². The molecule has 0 radical (unpaired) electrons. The summed E-state index contributed by atoms with van der Waals surface area (Å²) >= 11 is 0. The van der Waals surface area contributed by atoms with E-state index in [2.05, 4.69) is 75.1 Å². The van der Waals surface area contributed by atoms with Gasteiger partial charge in [-0.3, -0.25) is 9.98 Å². The monoisotopic (exact) mass is 318 g/mol. The summed E-state index contributed by atoms with van der Waals surface area (Å²) in [5.41, 5.74) is 10.1. The molecule has 0 aromatic heterocycles. The molecule has 0 unspecified atom stereocenters. The molecular weight excluding hydrogens is 296 g/mol. The van der Waals surface area contributed by atoms with E-state index in [4.69, 9.17) is 0 Å². The Morgan fingerprint density at radius 2 is 1.04 bits per heavy atom. The number of nitrogens with zero attached hydrogens (tertiary/aromatic N) is 2. The maximum absolute atomic E-state index is 4.69. The second-order valence-electron chi connectivity index (χ2n) is 7.42. The Labute approximate surface area is 139 Å². The highest BCUT2D eigenvalue weighted by atomic mass is 28.3.